The Bertz CT molecular complexity index is 1040. The van der Waals surface area contributed by atoms with Crippen molar-refractivity contribution in [1.29, 1.82) is 0 Å². The van der Waals surface area contributed by atoms with E-state index in [1.807, 2.05) is 28.9 Å². The molecule has 9 heteroatoms. The van der Waals surface area contributed by atoms with Crippen LogP contribution in [0.15, 0.2) is 42.6 Å². The Kier molecular flexibility index (Phi) is 9.00. The first kappa shape index (κ1) is 26.9. The zero-order chi connectivity index (χ0) is 26.4. The fourth-order valence-corrected chi connectivity index (χ4v) is 4.95. The van der Waals surface area contributed by atoms with Gasteiger partial charge in [-0.1, -0.05) is 6.92 Å². The molecule has 2 aromatic rings. The molecule has 2 aliphatic heterocycles. The third-order valence-corrected chi connectivity index (χ3v) is 7.02. The van der Waals surface area contributed by atoms with Crippen molar-refractivity contribution in [3.63, 3.8) is 0 Å². The van der Waals surface area contributed by atoms with Crippen LogP contribution in [0.1, 0.15) is 41.5 Å². The number of pyridine rings is 1. The van der Waals surface area contributed by atoms with Gasteiger partial charge in [0, 0.05) is 88.9 Å². The van der Waals surface area contributed by atoms with Gasteiger partial charge in [0.1, 0.15) is 0 Å². The maximum atomic E-state index is 13.1. The summed E-state index contributed by atoms with van der Waals surface area (Å²) in [6.45, 7) is 12.9. The SMILES string of the molecule is CC(CO)CN1CCN(C(=O)c2ccc(C(=O)N3CCN(c4ncccc4NC(C)C)CC3)cc2)CC1. The monoisotopic (exact) mass is 508 g/mol. The number of nitrogens with one attached hydrogen (secondary N) is 1. The van der Waals surface area contributed by atoms with Gasteiger partial charge in [-0.15, -0.1) is 0 Å². The van der Waals surface area contributed by atoms with Gasteiger partial charge in [-0.25, -0.2) is 4.98 Å². The molecule has 1 aromatic carbocycles. The van der Waals surface area contributed by atoms with Gasteiger partial charge in [0.05, 0.1) is 5.69 Å². The fraction of sp³-hybridized carbons (Fsp3) is 0.536. The van der Waals surface area contributed by atoms with Crippen LogP contribution in [0.25, 0.3) is 0 Å². The van der Waals surface area contributed by atoms with E-state index in [1.165, 1.54) is 0 Å². The number of piperazine rings is 2. The molecule has 2 saturated heterocycles. The number of amides is 2. The minimum Gasteiger partial charge on any atom is -0.396 e. The highest BCUT2D eigenvalue weighted by Crippen LogP contribution is 2.25. The normalized spacial score (nSPS) is 17.7. The number of carbonyl (C=O) groups is 2. The smallest absolute Gasteiger partial charge is 0.253 e. The van der Waals surface area contributed by atoms with Gasteiger partial charge < -0.3 is 25.1 Å². The molecule has 37 heavy (non-hydrogen) atoms. The third-order valence-electron chi connectivity index (χ3n) is 7.02. The zero-order valence-corrected chi connectivity index (χ0v) is 22.3. The molecular formula is C28H40N6O3. The molecule has 1 aromatic heterocycles. The lowest BCUT2D eigenvalue weighted by Gasteiger charge is -2.36. The molecule has 2 amide bonds. The van der Waals surface area contributed by atoms with Crippen molar-refractivity contribution in [2.75, 3.05) is 75.7 Å². The van der Waals surface area contributed by atoms with Crippen LogP contribution in [-0.4, -0.2) is 108 Å². The van der Waals surface area contributed by atoms with Crippen molar-refractivity contribution < 1.29 is 14.7 Å². The van der Waals surface area contributed by atoms with E-state index >= 15 is 0 Å². The largest absolute Gasteiger partial charge is 0.396 e. The average molecular weight is 509 g/mol. The molecule has 0 saturated carbocycles. The van der Waals surface area contributed by atoms with Crippen LogP contribution in [0.5, 0.6) is 0 Å². The summed E-state index contributed by atoms with van der Waals surface area (Å²) in [6.07, 6.45) is 1.80. The Morgan fingerprint density at radius 3 is 1.92 bits per heavy atom. The van der Waals surface area contributed by atoms with Crippen LogP contribution in [0.2, 0.25) is 0 Å². The summed E-state index contributed by atoms with van der Waals surface area (Å²) in [4.78, 5) is 39.0. The highest BCUT2D eigenvalue weighted by molar-refractivity contribution is 5.98. The number of aliphatic hydroxyl groups is 1. The highest BCUT2D eigenvalue weighted by Gasteiger charge is 2.26. The number of rotatable bonds is 8. The summed E-state index contributed by atoms with van der Waals surface area (Å²) in [5.41, 5.74) is 2.23. The van der Waals surface area contributed by atoms with E-state index in [2.05, 4.69) is 33.9 Å². The van der Waals surface area contributed by atoms with E-state index in [0.29, 0.717) is 43.3 Å². The molecule has 0 spiro atoms. The fourth-order valence-electron chi connectivity index (χ4n) is 4.95. The number of hydrogen-bond donors (Lipinski definition) is 2. The van der Waals surface area contributed by atoms with Crippen LogP contribution in [-0.2, 0) is 0 Å². The molecule has 3 heterocycles. The number of nitrogens with zero attached hydrogens (tertiary/aromatic N) is 5. The summed E-state index contributed by atoms with van der Waals surface area (Å²) < 4.78 is 0. The standard InChI is InChI=1S/C28H40N6O3/c1-21(2)30-25-5-4-10-29-26(25)32-15-17-34(18-16-32)28(37)24-8-6-23(7-9-24)27(36)33-13-11-31(12-14-33)19-22(3)20-35/h4-10,21-22,30,35H,11-20H2,1-3H3. The second kappa shape index (κ2) is 12.4. The van der Waals surface area contributed by atoms with Crippen molar-refractivity contribution in [2.24, 2.45) is 5.92 Å². The first-order valence-electron chi connectivity index (χ1n) is 13.3. The number of anilines is 2. The van der Waals surface area contributed by atoms with Gasteiger partial charge >= 0.3 is 0 Å². The molecule has 200 valence electrons. The number of benzene rings is 1. The minimum atomic E-state index is -0.00758. The van der Waals surface area contributed by atoms with E-state index in [-0.39, 0.29) is 24.3 Å². The van der Waals surface area contributed by atoms with Crippen molar-refractivity contribution in [2.45, 2.75) is 26.8 Å². The molecule has 2 fully saturated rings. The van der Waals surface area contributed by atoms with Crippen LogP contribution < -0.4 is 10.2 Å². The molecule has 1 atom stereocenters. The number of aliphatic hydroxyl groups excluding tert-OH is 1. The van der Waals surface area contributed by atoms with Gasteiger partial charge in [0.15, 0.2) is 5.82 Å². The maximum Gasteiger partial charge on any atom is 0.253 e. The van der Waals surface area contributed by atoms with Crippen LogP contribution in [0, 0.1) is 5.92 Å². The van der Waals surface area contributed by atoms with E-state index in [1.54, 1.807) is 30.5 Å². The lowest BCUT2D eigenvalue weighted by molar-refractivity contribution is 0.0601. The van der Waals surface area contributed by atoms with Crippen LogP contribution >= 0.6 is 0 Å². The predicted molar refractivity (Wildman–Crippen MR) is 146 cm³/mol. The molecule has 0 radical (unpaired) electrons. The Morgan fingerprint density at radius 2 is 1.41 bits per heavy atom. The highest BCUT2D eigenvalue weighted by atomic mass is 16.3. The molecule has 2 aliphatic rings. The third kappa shape index (κ3) is 6.78. The molecule has 1 unspecified atom stereocenters. The van der Waals surface area contributed by atoms with Gasteiger partial charge in [0.2, 0.25) is 0 Å². The summed E-state index contributed by atoms with van der Waals surface area (Å²) in [5, 5.41) is 12.7. The van der Waals surface area contributed by atoms with Gasteiger partial charge in [-0.3, -0.25) is 14.5 Å². The van der Waals surface area contributed by atoms with Crippen molar-refractivity contribution >= 4 is 23.3 Å². The quantitative estimate of drug-likeness (QED) is 0.565. The minimum absolute atomic E-state index is 0.00337. The molecule has 9 nitrogen and oxygen atoms in total. The van der Waals surface area contributed by atoms with Crippen molar-refractivity contribution in [3.05, 3.63) is 53.7 Å². The van der Waals surface area contributed by atoms with E-state index < -0.39 is 0 Å². The number of carbonyl (C=O) groups excluding carboxylic acids is 2. The number of hydrogen-bond acceptors (Lipinski definition) is 7. The summed E-state index contributed by atoms with van der Waals surface area (Å²) in [6, 6.07) is 11.4. The second-order valence-electron chi connectivity index (χ2n) is 10.4. The number of aromatic nitrogens is 1. The van der Waals surface area contributed by atoms with Gasteiger partial charge in [-0.2, -0.15) is 0 Å². The molecular weight excluding hydrogens is 468 g/mol. The topological polar surface area (TPSA) is 92.2 Å². The van der Waals surface area contributed by atoms with E-state index in [9.17, 15) is 14.7 Å². The Hall–Kier alpha value is -3.17. The zero-order valence-electron chi connectivity index (χ0n) is 22.3. The molecule has 0 aliphatic carbocycles. The van der Waals surface area contributed by atoms with E-state index in [0.717, 1.165) is 44.2 Å². The summed E-state index contributed by atoms with van der Waals surface area (Å²) in [5.74, 6) is 1.16. The first-order valence-corrected chi connectivity index (χ1v) is 13.3. The lowest BCUT2D eigenvalue weighted by atomic mass is 10.1. The van der Waals surface area contributed by atoms with Crippen molar-refractivity contribution in [3.8, 4) is 0 Å². The maximum absolute atomic E-state index is 13.1. The van der Waals surface area contributed by atoms with E-state index in [4.69, 9.17) is 0 Å². The molecule has 4 rings (SSSR count). The van der Waals surface area contributed by atoms with Crippen molar-refractivity contribution in [1.82, 2.24) is 19.7 Å². The van der Waals surface area contributed by atoms with Gasteiger partial charge in [-0.05, 0) is 56.2 Å². The Labute approximate surface area is 220 Å². The van der Waals surface area contributed by atoms with Crippen LogP contribution in [0.4, 0.5) is 11.5 Å². The lowest BCUT2D eigenvalue weighted by Crippen LogP contribution is -2.50. The Morgan fingerprint density at radius 1 is 0.865 bits per heavy atom. The first-order chi connectivity index (χ1) is 17.9. The molecule has 2 N–H and O–H groups in total. The van der Waals surface area contributed by atoms with Gasteiger partial charge in [0.25, 0.3) is 11.8 Å². The summed E-state index contributed by atoms with van der Waals surface area (Å²) >= 11 is 0. The summed E-state index contributed by atoms with van der Waals surface area (Å²) in [7, 11) is 0. The Balaban J connectivity index is 1.30. The van der Waals surface area contributed by atoms with Crippen LogP contribution in [0.3, 0.4) is 0 Å². The predicted octanol–water partition coefficient (Wildman–Crippen LogP) is 2.25. The average Bonchev–Trinajstić information content (AvgIpc) is 2.93. The molecule has 0 bridgehead atoms. The second-order valence-corrected chi connectivity index (χ2v) is 10.4.